The van der Waals surface area contributed by atoms with Crippen LogP contribution in [0.15, 0.2) is 48.5 Å². The number of hydrogen-bond acceptors (Lipinski definition) is 5. The van der Waals surface area contributed by atoms with E-state index in [9.17, 15) is 14.9 Å². The summed E-state index contributed by atoms with van der Waals surface area (Å²) in [5.74, 6) is 0.657. The van der Waals surface area contributed by atoms with Crippen molar-refractivity contribution in [3.05, 3.63) is 58.6 Å². The molecule has 3 rings (SSSR count). The summed E-state index contributed by atoms with van der Waals surface area (Å²) in [6.45, 7) is 0.0811. The monoisotopic (exact) mass is 300 g/mol. The molecular weight excluding hydrogens is 288 g/mol. The van der Waals surface area contributed by atoms with E-state index in [1.807, 2.05) is 6.07 Å². The van der Waals surface area contributed by atoms with Gasteiger partial charge in [0.05, 0.1) is 4.92 Å². The molecule has 0 fully saturated rings. The molecule has 1 N–H and O–H groups in total. The summed E-state index contributed by atoms with van der Waals surface area (Å²) < 4.78 is 11.0. The van der Waals surface area contributed by atoms with Crippen LogP contribution in [-0.4, -0.2) is 23.5 Å². The minimum absolute atomic E-state index is 0.0811. The second-order valence-corrected chi connectivity index (χ2v) is 4.66. The number of benzene rings is 2. The van der Waals surface area contributed by atoms with E-state index in [1.165, 1.54) is 18.2 Å². The number of ether oxygens (including phenoxy) is 2. The van der Waals surface area contributed by atoms with Crippen LogP contribution in [0, 0.1) is 10.1 Å². The van der Waals surface area contributed by atoms with Crippen molar-refractivity contribution in [2.45, 2.75) is 6.10 Å². The molecule has 2 aromatic carbocycles. The first-order valence-electron chi connectivity index (χ1n) is 6.57. The van der Waals surface area contributed by atoms with Crippen molar-refractivity contribution in [1.29, 1.82) is 0 Å². The summed E-state index contributed by atoms with van der Waals surface area (Å²) in [4.78, 5) is 22.4. The van der Waals surface area contributed by atoms with E-state index in [0.29, 0.717) is 17.2 Å². The molecule has 0 saturated heterocycles. The zero-order chi connectivity index (χ0) is 15.5. The fourth-order valence-electron chi connectivity index (χ4n) is 2.07. The fraction of sp³-hybridized carbons (Fsp3) is 0.133. The zero-order valence-corrected chi connectivity index (χ0v) is 11.4. The van der Waals surface area contributed by atoms with Crippen molar-refractivity contribution < 1.29 is 19.2 Å². The second-order valence-electron chi connectivity index (χ2n) is 4.66. The average molecular weight is 300 g/mol. The van der Waals surface area contributed by atoms with Gasteiger partial charge in [0.2, 0.25) is 6.10 Å². The smallest absolute Gasteiger partial charge is 0.271 e. The third kappa shape index (κ3) is 2.83. The molecule has 0 aromatic heterocycles. The van der Waals surface area contributed by atoms with Crippen LogP contribution in [-0.2, 0) is 4.79 Å². The Morgan fingerprint density at radius 1 is 1.18 bits per heavy atom. The topological polar surface area (TPSA) is 90.7 Å². The molecule has 0 aliphatic carbocycles. The number of hydrogen-bond donors (Lipinski definition) is 1. The number of non-ortho nitro benzene ring substituents is 1. The van der Waals surface area contributed by atoms with Crippen LogP contribution in [0.2, 0.25) is 0 Å². The van der Waals surface area contributed by atoms with Crippen LogP contribution < -0.4 is 14.8 Å². The van der Waals surface area contributed by atoms with Gasteiger partial charge < -0.3 is 14.8 Å². The van der Waals surface area contributed by atoms with Gasteiger partial charge in [-0.3, -0.25) is 14.9 Å². The molecule has 0 unspecified atom stereocenters. The van der Waals surface area contributed by atoms with Gasteiger partial charge in [-0.25, -0.2) is 0 Å². The number of carbonyl (C=O) groups is 1. The molecule has 2 aromatic rings. The van der Waals surface area contributed by atoms with Crippen LogP contribution in [0.3, 0.4) is 0 Å². The minimum Gasteiger partial charge on any atom is -0.485 e. The lowest BCUT2D eigenvalue weighted by molar-refractivity contribution is -0.384. The van der Waals surface area contributed by atoms with E-state index in [2.05, 4.69) is 5.32 Å². The molecule has 112 valence electrons. The molecule has 0 radical (unpaired) electrons. The molecule has 0 spiro atoms. The van der Waals surface area contributed by atoms with E-state index in [4.69, 9.17) is 9.47 Å². The Balaban J connectivity index is 1.71. The van der Waals surface area contributed by atoms with Crippen LogP contribution in [0.5, 0.6) is 11.5 Å². The number of carbonyl (C=O) groups excluding carboxylic acids is 1. The van der Waals surface area contributed by atoms with Crippen LogP contribution in [0.4, 0.5) is 11.4 Å². The first-order chi connectivity index (χ1) is 10.6. The van der Waals surface area contributed by atoms with E-state index in [-0.39, 0.29) is 12.3 Å². The second kappa shape index (κ2) is 5.72. The summed E-state index contributed by atoms with van der Waals surface area (Å²) in [6, 6.07) is 12.8. The normalized spacial score (nSPS) is 15.9. The lowest BCUT2D eigenvalue weighted by Gasteiger charge is -2.25. The Morgan fingerprint density at radius 3 is 2.73 bits per heavy atom. The van der Waals surface area contributed by atoms with Gasteiger partial charge in [-0.2, -0.15) is 0 Å². The summed E-state index contributed by atoms with van der Waals surface area (Å²) in [5.41, 5.74) is 0.241. The lowest BCUT2D eigenvalue weighted by atomic mass is 10.2. The summed E-state index contributed by atoms with van der Waals surface area (Å²) in [7, 11) is 0. The third-order valence-corrected chi connectivity index (χ3v) is 3.13. The number of amides is 1. The number of para-hydroxylation sites is 2. The minimum atomic E-state index is -0.811. The maximum absolute atomic E-state index is 12.2. The summed E-state index contributed by atoms with van der Waals surface area (Å²) >= 11 is 0. The van der Waals surface area contributed by atoms with Crippen molar-refractivity contribution in [2.75, 3.05) is 11.9 Å². The fourth-order valence-corrected chi connectivity index (χ4v) is 2.07. The first kappa shape index (κ1) is 13.9. The highest BCUT2D eigenvalue weighted by atomic mass is 16.6. The molecule has 0 saturated carbocycles. The number of nitrogens with zero attached hydrogens (tertiary/aromatic N) is 1. The molecule has 0 bridgehead atoms. The molecule has 22 heavy (non-hydrogen) atoms. The molecule has 1 aliphatic heterocycles. The number of nitro groups is 1. The number of fused-ring (bicyclic) bond motifs is 1. The molecule has 7 heteroatoms. The van der Waals surface area contributed by atoms with Gasteiger partial charge in [0.15, 0.2) is 11.5 Å². The quantitative estimate of drug-likeness (QED) is 0.694. The van der Waals surface area contributed by atoms with Gasteiger partial charge in [-0.05, 0) is 18.2 Å². The number of nitro benzene ring substituents is 1. The van der Waals surface area contributed by atoms with Gasteiger partial charge in [-0.15, -0.1) is 0 Å². The highest BCUT2D eigenvalue weighted by Crippen LogP contribution is 2.31. The predicted octanol–water partition coefficient (Wildman–Crippen LogP) is 2.37. The van der Waals surface area contributed by atoms with E-state index < -0.39 is 16.9 Å². The highest BCUT2D eigenvalue weighted by Gasteiger charge is 2.27. The van der Waals surface area contributed by atoms with Crippen LogP contribution in [0.1, 0.15) is 0 Å². The maximum Gasteiger partial charge on any atom is 0.271 e. The van der Waals surface area contributed by atoms with Crippen molar-refractivity contribution in [3.8, 4) is 11.5 Å². The number of anilines is 1. The maximum atomic E-state index is 12.2. The third-order valence-electron chi connectivity index (χ3n) is 3.13. The standard InChI is InChI=1S/C15H12N2O5/c18-15(16-10-4-3-5-11(8-10)17(19)20)14-9-21-12-6-1-2-7-13(12)22-14/h1-8,14H,9H2,(H,16,18)/t14-/m0/s1. The predicted molar refractivity (Wildman–Crippen MR) is 78.1 cm³/mol. The van der Waals surface area contributed by atoms with Gasteiger partial charge >= 0.3 is 0 Å². The van der Waals surface area contributed by atoms with E-state index in [0.717, 1.165) is 0 Å². The largest absolute Gasteiger partial charge is 0.485 e. The Morgan fingerprint density at radius 2 is 1.95 bits per heavy atom. The Hall–Kier alpha value is -3.09. The van der Waals surface area contributed by atoms with Crippen molar-refractivity contribution in [2.24, 2.45) is 0 Å². The average Bonchev–Trinajstić information content (AvgIpc) is 2.54. The highest BCUT2D eigenvalue weighted by molar-refractivity contribution is 5.95. The summed E-state index contributed by atoms with van der Waals surface area (Å²) in [5, 5.41) is 13.3. The van der Waals surface area contributed by atoms with E-state index in [1.54, 1.807) is 24.3 Å². The lowest BCUT2D eigenvalue weighted by Crippen LogP contribution is -2.40. The van der Waals surface area contributed by atoms with Gasteiger partial charge in [0.25, 0.3) is 11.6 Å². The van der Waals surface area contributed by atoms with Crippen LogP contribution in [0.25, 0.3) is 0 Å². The van der Waals surface area contributed by atoms with Crippen molar-refractivity contribution >= 4 is 17.3 Å². The van der Waals surface area contributed by atoms with E-state index >= 15 is 0 Å². The Labute approximate surface area is 125 Å². The Kier molecular flexibility index (Phi) is 3.61. The number of nitrogens with one attached hydrogen (secondary N) is 1. The molecular formula is C15H12N2O5. The van der Waals surface area contributed by atoms with Crippen molar-refractivity contribution in [1.82, 2.24) is 0 Å². The van der Waals surface area contributed by atoms with Crippen LogP contribution >= 0.6 is 0 Å². The van der Waals surface area contributed by atoms with Gasteiger partial charge in [0, 0.05) is 17.8 Å². The Bertz CT molecular complexity index is 731. The van der Waals surface area contributed by atoms with Gasteiger partial charge in [-0.1, -0.05) is 18.2 Å². The SMILES string of the molecule is O=C(Nc1cccc([N+](=O)[O-])c1)[C@@H]1COc2ccccc2O1. The first-order valence-corrected chi connectivity index (χ1v) is 6.57. The zero-order valence-electron chi connectivity index (χ0n) is 11.4. The number of rotatable bonds is 3. The van der Waals surface area contributed by atoms with Crippen molar-refractivity contribution in [3.63, 3.8) is 0 Å². The van der Waals surface area contributed by atoms with Gasteiger partial charge in [0.1, 0.15) is 6.61 Å². The molecule has 1 atom stereocenters. The molecule has 1 aliphatic rings. The molecule has 1 heterocycles. The summed E-state index contributed by atoms with van der Waals surface area (Å²) in [6.07, 6.45) is -0.811. The molecule has 7 nitrogen and oxygen atoms in total. The molecule has 1 amide bonds.